The number of hydrogen-bond acceptors (Lipinski definition) is 5. The van der Waals surface area contributed by atoms with E-state index in [0.29, 0.717) is 43.8 Å². The Balaban J connectivity index is 2.30. The van der Waals surface area contributed by atoms with Gasteiger partial charge in [0.1, 0.15) is 0 Å². The molecule has 6 heteroatoms. The standard InChI is InChI=1S/C13H23NO4S/c1-3-18-12(16)10-4-6-13(17,7-5-10)9-19-8-11(15)14-2/h10,17H,3-9H2,1-2H3,(H,14,15). The van der Waals surface area contributed by atoms with E-state index in [1.54, 1.807) is 14.0 Å². The number of ether oxygens (including phenoxy) is 1. The summed E-state index contributed by atoms with van der Waals surface area (Å²) in [5.74, 6) is 0.635. The number of carbonyl (C=O) groups is 2. The normalized spacial score (nSPS) is 26.8. The SMILES string of the molecule is CCOC(=O)C1CCC(O)(CSCC(=O)NC)CC1. The van der Waals surface area contributed by atoms with Crippen LogP contribution in [0.25, 0.3) is 0 Å². The van der Waals surface area contributed by atoms with Gasteiger partial charge in [0.2, 0.25) is 5.91 Å². The van der Waals surface area contributed by atoms with Crippen molar-refractivity contribution in [2.75, 3.05) is 25.2 Å². The summed E-state index contributed by atoms with van der Waals surface area (Å²) in [6.07, 6.45) is 2.51. The van der Waals surface area contributed by atoms with Crippen LogP contribution in [-0.4, -0.2) is 47.7 Å². The monoisotopic (exact) mass is 289 g/mol. The van der Waals surface area contributed by atoms with E-state index in [2.05, 4.69) is 5.32 Å². The summed E-state index contributed by atoms with van der Waals surface area (Å²) in [7, 11) is 1.60. The van der Waals surface area contributed by atoms with Crippen LogP contribution in [0, 0.1) is 5.92 Å². The molecule has 0 radical (unpaired) electrons. The van der Waals surface area contributed by atoms with Gasteiger partial charge < -0.3 is 15.2 Å². The third-order valence-corrected chi connectivity index (χ3v) is 4.63. The number of nitrogens with one attached hydrogen (secondary N) is 1. The average Bonchev–Trinajstić information content (AvgIpc) is 2.39. The molecule has 0 heterocycles. The highest BCUT2D eigenvalue weighted by Gasteiger charge is 2.36. The quantitative estimate of drug-likeness (QED) is 0.712. The number of esters is 1. The molecule has 5 nitrogen and oxygen atoms in total. The first-order valence-corrected chi connectivity index (χ1v) is 7.83. The molecule has 0 unspecified atom stereocenters. The molecule has 0 bridgehead atoms. The lowest BCUT2D eigenvalue weighted by molar-refractivity contribution is -0.150. The number of rotatable bonds is 6. The Kier molecular flexibility index (Phi) is 6.65. The van der Waals surface area contributed by atoms with Crippen molar-refractivity contribution in [2.24, 2.45) is 5.92 Å². The zero-order chi connectivity index (χ0) is 14.3. The number of amides is 1. The molecule has 110 valence electrons. The summed E-state index contributed by atoms with van der Waals surface area (Å²) < 4.78 is 5.00. The summed E-state index contributed by atoms with van der Waals surface area (Å²) in [6, 6.07) is 0. The fourth-order valence-electron chi connectivity index (χ4n) is 2.20. The summed E-state index contributed by atoms with van der Waals surface area (Å²) in [5, 5.41) is 12.9. The molecular formula is C13H23NO4S. The maximum atomic E-state index is 11.6. The largest absolute Gasteiger partial charge is 0.466 e. The van der Waals surface area contributed by atoms with E-state index in [0.717, 1.165) is 0 Å². The van der Waals surface area contributed by atoms with Gasteiger partial charge in [-0.2, -0.15) is 0 Å². The van der Waals surface area contributed by atoms with Gasteiger partial charge >= 0.3 is 5.97 Å². The Labute approximate surface area is 118 Å². The van der Waals surface area contributed by atoms with Crippen LogP contribution in [0.15, 0.2) is 0 Å². The Morgan fingerprint density at radius 3 is 2.58 bits per heavy atom. The van der Waals surface area contributed by atoms with Crippen LogP contribution in [0.3, 0.4) is 0 Å². The van der Waals surface area contributed by atoms with E-state index >= 15 is 0 Å². The van der Waals surface area contributed by atoms with E-state index < -0.39 is 5.60 Å². The molecule has 0 aromatic heterocycles. The smallest absolute Gasteiger partial charge is 0.308 e. The van der Waals surface area contributed by atoms with Crippen LogP contribution in [0.1, 0.15) is 32.6 Å². The molecule has 1 amide bonds. The van der Waals surface area contributed by atoms with Crippen molar-refractivity contribution in [2.45, 2.75) is 38.2 Å². The van der Waals surface area contributed by atoms with Gasteiger partial charge in [0, 0.05) is 12.8 Å². The van der Waals surface area contributed by atoms with E-state index in [4.69, 9.17) is 4.74 Å². The Bertz CT molecular complexity index is 314. The van der Waals surface area contributed by atoms with Crippen molar-refractivity contribution >= 4 is 23.6 Å². The Morgan fingerprint density at radius 1 is 1.42 bits per heavy atom. The fraction of sp³-hybridized carbons (Fsp3) is 0.846. The van der Waals surface area contributed by atoms with Crippen molar-refractivity contribution in [1.29, 1.82) is 0 Å². The second-order valence-corrected chi connectivity index (χ2v) is 5.90. The predicted octanol–water partition coefficient (Wildman–Crippen LogP) is 0.950. The zero-order valence-electron chi connectivity index (χ0n) is 11.6. The maximum absolute atomic E-state index is 11.6. The van der Waals surface area contributed by atoms with Crippen molar-refractivity contribution in [1.82, 2.24) is 5.32 Å². The second kappa shape index (κ2) is 7.75. The van der Waals surface area contributed by atoms with Gasteiger partial charge in [0.05, 0.1) is 23.9 Å². The zero-order valence-corrected chi connectivity index (χ0v) is 12.4. The van der Waals surface area contributed by atoms with Crippen LogP contribution < -0.4 is 5.32 Å². The van der Waals surface area contributed by atoms with E-state index in [1.165, 1.54) is 11.8 Å². The highest BCUT2D eigenvalue weighted by Crippen LogP contribution is 2.34. The van der Waals surface area contributed by atoms with Gasteiger partial charge in [0.15, 0.2) is 0 Å². The fourth-order valence-corrected chi connectivity index (χ4v) is 3.30. The molecule has 1 saturated carbocycles. The molecule has 0 saturated heterocycles. The van der Waals surface area contributed by atoms with Gasteiger partial charge in [0.25, 0.3) is 0 Å². The number of aliphatic hydroxyl groups is 1. The first kappa shape index (κ1) is 16.3. The molecule has 1 aliphatic carbocycles. The van der Waals surface area contributed by atoms with Crippen molar-refractivity contribution in [3.8, 4) is 0 Å². The van der Waals surface area contributed by atoms with Gasteiger partial charge in [-0.15, -0.1) is 11.8 Å². The molecule has 0 spiro atoms. The molecule has 0 aromatic carbocycles. The minimum absolute atomic E-state index is 0.0335. The average molecular weight is 289 g/mol. The summed E-state index contributed by atoms with van der Waals surface area (Å²) in [4.78, 5) is 22.7. The second-order valence-electron chi connectivity index (χ2n) is 4.92. The Morgan fingerprint density at radius 2 is 2.05 bits per heavy atom. The minimum atomic E-state index is -0.748. The summed E-state index contributed by atoms with van der Waals surface area (Å²) >= 11 is 1.43. The van der Waals surface area contributed by atoms with Gasteiger partial charge in [-0.1, -0.05) is 0 Å². The van der Waals surface area contributed by atoms with Gasteiger partial charge in [-0.3, -0.25) is 9.59 Å². The number of thioether (sulfide) groups is 1. The lowest BCUT2D eigenvalue weighted by atomic mass is 9.80. The first-order valence-electron chi connectivity index (χ1n) is 6.68. The molecule has 0 aromatic rings. The van der Waals surface area contributed by atoms with Crippen LogP contribution in [0.2, 0.25) is 0 Å². The Hall–Kier alpha value is -0.750. The van der Waals surface area contributed by atoms with Crippen molar-refractivity contribution in [3.63, 3.8) is 0 Å². The highest BCUT2D eigenvalue weighted by atomic mass is 32.2. The molecular weight excluding hydrogens is 266 g/mol. The van der Waals surface area contributed by atoms with Crippen molar-refractivity contribution < 1.29 is 19.4 Å². The molecule has 1 rings (SSSR count). The molecule has 0 aliphatic heterocycles. The van der Waals surface area contributed by atoms with E-state index in [9.17, 15) is 14.7 Å². The number of hydrogen-bond donors (Lipinski definition) is 2. The highest BCUT2D eigenvalue weighted by molar-refractivity contribution is 8.00. The summed E-state index contributed by atoms with van der Waals surface area (Å²) in [6.45, 7) is 2.20. The molecule has 0 atom stereocenters. The molecule has 1 aliphatic rings. The molecule has 2 N–H and O–H groups in total. The van der Waals surface area contributed by atoms with Crippen LogP contribution in [-0.2, 0) is 14.3 Å². The van der Waals surface area contributed by atoms with Crippen LogP contribution >= 0.6 is 11.8 Å². The lowest BCUT2D eigenvalue weighted by Gasteiger charge is -2.34. The van der Waals surface area contributed by atoms with Crippen LogP contribution in [0.4, 0.5) is 0 Å². The third-order valence-electron chi connectivity index (χ3n) is 3.42. The minimum Gasteiger partial charge on any atom is -0.466 e. The maximum Gasteiger partial charge on any atom is 0.308 e. The topological polar surface area (TPSA) is 75.6 Å². The summed E-state index contributed by atoms with van der Waals surface area (Å²) in [5.41, 5.74) is -0.748. The third kappa shape index (κ3) is 5.40. The molecule has 1 fully saturated rings. The van der Waals surface area contributed by atoms with E-state index in [1.807, 2.05) is 0 Å². The number of carbonyl (C=O) groups excluding carboxylic acids is 2. The van der Waals surface area contributed by atoms with Crippen LogP contribution in [0.5, 0.6) is 0 Å². The predicted molar refractivity (Wildman–Crippen MR) is 74.9 cm³/mol. The van der Waals surface area contributed by atoms with E-state index in [-0.39, 0.29) is 17.8 Å². The van der Waals surface area contributed by atoms with Gasteiger partial charge in [-0.05, 0) is 32.6 Å². The van der Waals surface area contributed by atoms with Crippen molar-refractivity contribution in [3.05, 3.63) is 0 Å². The molecule has 19 heavy (non-hydrogen) atoms. The van der Waals surface area contributed by atoms with Gasteiger partial charge in [-0.25, -0.2) is 0 Å². The first-order chi connectivity index (χ1) is 9.00. The lowest BCUT2D eigenvalue weighted by Crippen LogP contribution is -2.39.